The van der Waals surface area contributed by atoms with E-state index in [1.54, 1.807) is 11.3 Å². The molecule has 1 unspecified atom stereocenters. The molecule has 0 aromatic carbocycles. The highest BCUT2D eigenvalue weighted by Crippen LogP contribution is 2.41. The number of nitrogens with one attached hydrogen (secondary N) is 1. The number of hydrogen-bond donors (Lipinski definition) is 1. The van der Waals surface area contributed by atoms with Crippen molar-refractivity contribution in [1.29, 1.82) is 0 Å². The molecule has 5 nitrogen and oxygen atoms in total. The largest absolute Gasteiger partial charge is 0.354 e. The lowest BCUT2D eigenvalue weighted by atomic mass is 9.74. The van der Waals surface area contributed by atoms with Gasteiger partial charge in [-0.25, -0.2) is 9.97 Å². The summed E-state index contributed by atoms with van der Waals surface area (Å²) in [6, 6.07) is 6.87. The smallest absolute Gasteiger partial charge is 0.223 e. The molecule has 2 aromatic heterocycles. The van der Waals surface area contributed by atoms with Gasteiger partial charge in [0.15, 0.2) is 0 Å². The SMILES string of the molecule is CCC(CC)C(=O)NC[C@H]1C[C@H]2CCN1C[C@@H]2c1cc(-c2cccs2)nc(C)n1. The number of carbonyl (C=O) groups excluding carboxylic acids is 1. The monoisotopic (exact) mass is 412 g/mol. The molecular weight excluding hydrogens is 380 g/mol. The quantitative estimate of drug-likeness (QED) is 0.739. The number of aromatic nitrogens is 2. The van der Waals surface area contributed by atoms with E-state index in [0.29, 0.717) is 17.9 Å². The van der Waals surface area contributed by atoms with Crippen molar-refractivity contribution >= 4 is 17.2 Å². The maximum Gasteiger partial charge on any atom is 0.223 e. The van der Waals surface area contributed by atoms with Crippen LogP contribution < -0.4 is 5.32 Å². The summed E-state index contributed by atoms with van der Waals surface area (Å²) in [5.41, 5.74) is 2.24. The van der Waals surface area contributed by atoms with Crippen LogP contribution in [0.4, 0.5) is 0 Å². The van der Waals surface area contributed by atoms with Crippen LogP contribution in [0.15, 0.2) is 23.6 Å². The molecule has 29 heavy (non-hydrogen) atoms. The lowest BCUT2D eigenvalue weighted by molar-refractivity contribution is -0.125. The average molecular weight is 413 g/mol. The number of thiophene rings is 1. The third-order valence-corrected chi connectivity index (χ3v) is 7.65. The fourth-order valence-electron chi connectivity index (χ4n) is 5.04. The Bertz CT molecular complexity index is 833. The summed E-state index contributed by atoms with van der Waals surface area (Å²) in [7, 11) is 0. The third kappa shape index (κ3) is 4.38. The molecule has 3 saturated heterocycles. The standard InChI is InChI=1S/C23H32N4OS/c1-4-16(5-2)23(28)24-13-18-11-17-8-9-27(18)14-19(17)20-12-21(26-15(3)25-20)22-7-6-10-29-22/h6-7,10,12,16-19H,4-5,8-9,11,13-14H2,1-3H3,(H,24,28)/t17-,18-,19+/m1/s1. The normalized spacial score (nSPS) is 26.1. The Kier molecular flexibility index (Phi) is 6.30. The molecule has 5 rings (SSSR count). The molecule has 156 valence electrons. The first-order valence-corrected chi connectivity index (χ1v) is 11.9. The Morgan fingerprint density at radius 3 is 2.83 bits per heavy atom. The van der Waals surface area contributed by atoms with Gasteiger partial charge in [-0.3, -0.25) is 9.69 Å². The highest BCUT2D eigenvalue weighted by molar-refractivity contribution is 7.13. The molecular formula is C23H32N4OS. The van der Waals surface area contributed by atoms with E-state index in [0.717, 1.165) is 50.4 Å². The number of amides is 1. The van der Waals surface area contributed by atoms with Gasteiger partial charge in [0.25, 0.3) is 0 Å². The van der Waals surface area contributed by atoms with Crippen molar-refractivity contribution in [3.63, 3.8) is 0 Å². The summed E-state index contributed by atoms with van der Waals surface area (Å²) in [5.74, 6) is 2.34. The number of aryl methyl sites for hydroxylation is 1. The van der Waals surface area contributed by atoms with Gasteiger partial charge >= 0.3 is 0 Å². The predicted octanol–water partition coefficient (Wildman–Crippen LogP) is 4.24. The van der Waals surface area contributed by atoms with E-state index < -0.39 is 0 Å². The topological polar surface area (TPSA) is 58.1 Å². The van der Waals surface area contributed by atoms with Gasteiger partial charge in [0, 0.05) is 36.7 Å². The summed E-state index contributed by atoms with van der Waals surface area (Å²) in [5, 5.41) is 5.32. The minimum absolute atomic E-state index is 0.151. The number of piperidine rings is 3. The van der Waals surface area contributed by atoms with E-state index in [4.69, 9.17) is 4.98 Å². The Morgan fingerprint density at radius 2 is 2.17 bits per heavy atom. The molecule has 1 N–H and O–H groups in total. The van der Waals surface area contributed by atoms with Gasteiger partial charge in [0.1, 0.15) is 5.82 Å². The fourth-order valence-corrected chi connectivity index (χ4v) is 5.73. The van der Waals surface area contributed by atoms with Crippen molar-refractivity contribution in [2.45, 2.75) is 58.4 Å². The Labute approximate surface area is 178 Å². The molecule has 1 amide bonds. The molecule has 0 aliphatic carbocycles. The first kappa shape index (κ1) is 20.5. The Hall–Kier alpha value is -1.79. The van der Waals surface area contributed by atoms with Crippen LogP contribution in [0.1, 0.15) is 57.0 Å². The lowest BCUT2D eigenvalue weighted by Gasteiger charge is -2.49. The summed E-state index contributed by atoms with van der Waals surface area (Å²) >= 11 is 1.73. The van der Waals surface area contributed by atoms with Gasteiger partial charge in [0.2, 0.25) is 5.91 Å². The second-order valence-electron chi connectivity index (χ2n) is 8.50. The Morgan fingerprint density at radius 1 is 1.34 bits per heavy atom. The van der Waals surface area contributed by atoms with Gasteiger partial charge in [-0.15, -0.1) is 11.3 Å². The third-order valence-electron chi connectivity index (χ3n) is 6.76. The van der Waals surface area contributed by atoms with E-state index in [1.165, 1.54) is 17.0 Å². The minimum atomic E-state index is 0.151. The van der Waals surface area contributed by atoms with Crippen LogP contribution >= 0.6 is 11.3 Å². The molecule has 0 saturated carbocycles. The van der Waals surface area contributed by atoms with Crippen molar-refractivity contribution < 1.29 is 4.79 Å². The van der Waals surface area contributed by atoms with Crippen LogP contribution in [-0.4, -0.2) is 46.5 Å². The second kappa shape index (κ2) is 8.92. The molecule has 3 fully saturated rings. The van der Waals surface area contributed by atoms with Gasteiger partial charge in [0.05, 0.1) is 10.6 Å². The molecule has 6 heteroatoms. The molecule has 2 bridgehead atoms. The van der Waals surface area contributed by atoms with Crippen LogP contribution in [0.3, 0.4) is 0 Å². The lowest BCUT2D eigenvalue weighted by Crippen LogP contribution is -2.56. The van der Waals surface area contributed by atoms with Crippen molar-refractivity contribution in [3.05, 3.63) is 35.1 Å². The Balaban J connectivity index is 1.44. The van der Waals surface area contributed by atoms with E-state index >= 15 is 0 Å². The number of rotatable bonds is 7. The summed E-state index contributed by atoms with van der Waals surface area (Å²) in [4.78, 5) is 25.7. The minimum Gasteiger partial charge on any atom is -0.354 e. The molecule has 5 heterocycles. The highest BCUT2D eigenvalue weighted by Gasteiger charge is 2.41. The molecule has 0 radical (unpaired) electrons. The van der Waals surface area contributed by atoms with Crippen molar-refractivity contribution in [2.75, 3.05) is 19.6 Å². The van der Waals surface area contributed by atoms with Gasteiger partial charge in [-0.05, 0) is 62.6 Å². The van der Waals surface area contributed by atoms with E-state index in [1.807, 2.05) is 6.92 Å². The van der Waals surface area contributed by atoms with Crippen LogP contribution in [0.2, 0.25) is 0 Å². The van der Waals surface area contributed by atoms with E-state index in [-0.39, 0.29) is 11.8 Å². The summed E-state index contributed by atoms with van der Waals surface area (Å²) in [6.45, 7) is 9.14. The summed E-state index contributed by atoms with van der Waals surface area (Å²) in [6.07, 6.45) is 4.20. The van der Waals surface area contributed by atoms with E-state index in [9.17, 15) is 4.79 Å². The fraction of sp³-hybridized carbons (Fsp3) is 0.609. The van der Waals surface area contributed by atoms with Crippen molar-refractivity contribution in [3.8, 4) is 10.6 Å². The maximum atomic E-state index is 12.4. The summed E-state index contributed by atoms with van der Waals surface area (Å²) < 4.78 is 0. The second-order valence-corrected chi connectivity index (χ2v) is 9.45. The zero-order valence-electron chi connectivity index (χ0n) is 17.7. The molecule has 3 aliphatic heterocycles. The van der Waals surface area contributed by atoms with E-state index in [2.05, 4.69) is 52.6 Å². The van der Waals surface area contributed by atoms with Crippen LogP contribution in [-0.2, 0) is 4.79 Å². The highest BCUT2D eigenvalue weighted by atomic mass is 32.1. The zero-order chi connectivity index (χ0) is 20.4. The van der Waals surface area contributed by atoms with Crippen LogP contribution in [0.25, 0.3) is 10.6 Å². The molecule has 2 aromatic rings. The molecule has 0 spiro atoms. The van der Waals surface area contributed by atoms with Gasteiger partial charge in [-0.1, -0.05) is 19.9 Å². The molecule has 3 aliphatic rings. The van der Waals surface area contributed by atoms with Gasteiger partial charge < -0.3 is 5.32 Å². The first-order chi connectivity index (χ1) is 14.1. The van der Waals surface area contributed by atoms with Crippen LogP contribution in [0, 0.1) is 18.8 Å². The number of hydrogen-bond acceptors (Lipinski definition) is 5. The van der Waals surface area contributed by atoms with Crippen molar-refractivity contribution in [2.24, 2.45) is 11.8 Å². The number of fused-ring (bicyclic) bond motifs is 3. The average Bonchev–Trinajstić information content (AvgIpc) is 3.28. The van der Waals surface area contributed by atoms with Gasteiger partial charge in [-0.2, -0.15) is 0 Å². The number of nitrogens with zero attached hydrogens (tertiary/aromatic N) is 3. The first-order valence-electron chi connectivity index (χ1n) is 11.0. The predicted molar refractivity (Wildman–Crippen MR) is 118 cm³/mol. The number of carbonyl (C=O) groups is 1. The van der Waals surface area contributed by atoms with Crippen molar-refractivity contribution in [1.82, 2.24) is 20.2 Å². The zero-order valence-corrected chi connectivity index (χ0v) is 18.5. The maximum absolute atomic E-state index is 12.4. The molecule has 4 atom stereocenters. The van der Waals surface area contributed by atoms with Crippen LogP contribution in [0.5, 0.6) is 0 Å².